The summed E-state index contributed by atoms with van der Waals surface area (Å²) in [6, 6.07) is -0.315. The van der Waals surface area contributed by atoms with E-state index in [4.69, 9.17) is 0 Å². The maximum Gasteiger partial charge on any atom is 0.321 e. The normalized spacial score (nSPS) is 23.1. The second-order valence-corrected chi connectivity index (χ2v) is 6.78. The van der Waals surface area contributed by atoms with E-state index in [1.807, 2.05) is 6.92 Å². The van der Waals surface area contributed by atoms with Crippen LogP contribution < -0.4 is 10.6 Å². The van der Waals surface area contributed by atoms with Gasteiger partial charge in [-0.15, -0.1) is 0 Å². The fourth-order valence-corrected chi connectivity index (χ4v) is 3.51. The molecule has 1 aliphatic carbocycles. The van der Waals surface area contributed by atoms with Crippen LogP contribution in [0.5, 0.6) is 0 Å². The molecule has 2 N–H and O–H groups in total. The maximum absolute atomic E-state index is 12.3. The highest BCUT2D eigenvalue weighted by Crippen LogP contribution is 2.17. The standard InChI is InChI=1S/C17H31N3O2/c1-14(20-12-8-3-2-4-9-13-20)16(21)19-17(22)18-15-10-6-5-7-11-15/h14-15H,2-13H2,1H3,(H2,18,19,21,22)/t14-/m1/s1. The second-order valence-electron chi connectivity index (χ2n) is 6.78. The molecule has 0 unspecified atom stereocenters. The molecule has 1 saturated heterocycles. The van der Waals surface area contributed by atoms with Crippen LogP contribution in [0.25, 0.3) is 0 Å². The third kappa shape index (κ3) is 5.59. The van der Waals surface area contributed by atoms with E-state index in [2.05, 4.69) is 15.5 Å². The molecular weight excluding hydrogens is 278 g/mol. The van der Waals surface area contributed by atoms with Crippen LogP contribution in [0.3, 0.4) is 0 Å². The Hall–Kier alpha value is -1.10. The molecular formula is C17H31N3O2. The number of imide groups is 1. The molecule has 2 rings (SSSR count). The molecule has 2 fully saturated rings. The molecule has 22 heavy (non-hydrogen) atoms. The fourth-order valence-electron chi connectivity index (χ4n) is 3.51. The highest BCUT2D eigenvalue weighted by atomic mass is 16.2. The molecule has 5 heteroatoms. The van der Waals surface area contributed by atoms with Gasteiger partial charge < -0.3 is 5.32 Å². The molecule has 1 heterocycles. The molecule has 0 aromatic carbocycles. The van der Waals surface area contributed by atoms with E-state index in [1.54, 1.807) is 0 Å². The SMILES string of the molecule is C[C@H](C(=O)NC(=O)NC1CCCCC1)N1CCCCCCC1. The van der Waals surface area contributed by atoms with Crippen molar-refractivity contribution >= 4 is 11.9 Å². The summed E-state index contributed by atoms with van der Waals surface area (Å²) in [5.74, 6) is -0.172. The lowest BCUT2D eigenvalue weighted by atomic mass is 9.96. The monoisotopic (exact) mass is 309 g/mol. The van der Waals surface area contributed by atoms with Crippen LogP contribution in [0, 0.1) is 0 Å². The first-order valence-electron chi connectivity index (χ1n) is 9.02. The fraction of sp³-hybridized carbons (Fsp3) is 0.882. The number of carbonyl (C=O) groups is 2. The largest absolute Gasteiger partial charge is 0.335 e. The topological polar surface area (TPSA) is 61.4 Å². The van der Waals surface area contributed by atoms with Gasteiger partial charge in [0.2, 0.25) is 5.91 Å². The van der Waals surface area contributed by atoms with Crippen molar-refractivity contribution in [3.63, 3.8) is 0 Å². The van der Waals surface area contributed by atoms with E-state index in [-0.39, 0.29) is 24.0 Å². The van der Waals surface area contributed by atoms with Gasteiger partial charge in [-0.05, 0) is 45.7 Å². The van der Waals surface area contributed by atoms with Gasteiger partial charge >= 0.3 is 6.03 Å². The summed E-state index contributed by atoms with van der Waals surface area (Å²) >= 11 is 0. The number of hydrogen-bond donors (Lipinski definition) is 2. The van der Waals surface area contributed by atoms with Crippen LogP contribution in [0.2, 0.25) is 0 Å². The number of nitrogens with one attached hydrogen (secondary N) is 2. The van der Waals surface area contributed by atoms with E-state index in [0.29, 0.717) is 0 Å². The van der Waals surface area contributed by atoms with Gasteiger partial charge in [-0.2, -0.15) is 0 Å². The predicted octanol–water partition coefficient (Wildman–Crippen LogP) is 2.80. The van der Waals surface area contributed by atoms with Crippen LogP contribution in [-0.2, 0) is 4.79 Å². The molecule has 1 saturated carbocycles. The smallest absolute Gasteiger partial charge is 0.321 e. The van der Waals surface area contributed by atoms with E-state index < -0.39 is 0 Å². The van der Waals surface area contributed by atoms with Crippen LogP contribution in [0.1, 0.15) is 71.1 Å². The summed E-state index contributed by atoms with van der Waals surface area (Å²) < 4.78 is 0. The summed E-state index contributed by atoms with van der Waals surface area (Å²) in [5, 5.41) is 5.47. The summed E-state index contributed by atoms with van der Waals surface area (Å²) in [6.45, 7) is 3.82. The van der Waals surface area contributed by atoms with Crippen LogP contribution in [0.4, 0.5) is 4.79 Å². The van der Waals surface area contributed by atoms with E-state index >= 15 is 0 Å². The number of hydrogen-bond acceptors (Lipinski definition) is 3. The van der Waals surface area contributed by atoms with Crippen molar-refractivity contribution in [3.8, 4) is 0 Å². The molecule has 0 aromatic rings. The molecule has 5 nitrogen and oxygen atoms in total. The molecule has 3 amide bonds. The first-order chi connectivity index (χ1) is 10.7. The third-order valence-electron chi connectivity index (χ3n) is 4.99. The molecule has 0 bridgehead atoms. The lowest BCUT2D eigenvalue weighted by Gasteiger charge is -2.30. The first kappa shape index (κ1) is 17.3. The van der Waals surface area contributed by atoms with Crippen molar-refractivity contribution in [2.45, 2.75) is 83.2 Å². The Morgan fingerprint density at radius 2 is 1.45 bits per heavy atom. The van der Waals surface area contributed by atoms with Crippen molar-refractivity contribution in [1.29, 1.82) is 0 Å². The van der Waals surface area contributed by atoms with Gasteiger partial charge in [0.15, 0.2) is 0 Å². The molecule has 0 spiro atoms. The number of amides is 3. The van der Waals surface area contributed by atoms with E-state index in [1.165, 1.54) is 38.5 Å². The van der Waals surface area contributed by atoms with Gasteiger partial charge in [0.05, 0.1) is 6.04 Å². The Balaban J connectivity index is 1.75. The Kier molecular flexibility index (Phi) is 7.16. The minimum Gasteiger partial charge on any atom is -0.335 e. The molecule has 1 atom stereocenters. The third-order valence-corrected chi connectivity index (χ3v) is 4.99. The average Bonchev–Trinajstić information content (AvgIpc) is 2.47. The number of urea groups is 1. The van der Waals surface area contributed by atoms with Crippen LogP contribution in [-0.4, -0.2) is 42.0 Å². The average molecular weight is 309 g/mol. The minimum atomic E-state index is -0.323. The van der Waals surface area contributed by atoms with Crippen molar-refractivity contribution < 1.29 is 9.59 Å². The summed E-state index contributed by atoms with van der Waals surface area (Å²) in [6.07, 6.45) is 11.7. The van der Waals surface area contributed by atoms with Gasteiger partial charge in [0.1, 0.15) is 0 Å². The second kappa shape index (κ2) is 9.13. The number of likely N-dealkylation sites (tertiary alicyclic amines) is 1. The zero-order valence-corrected chi connectivity index (χ0v) is 13.9. The van der Waals surface area contributed by atoms with Gasteiger partial charge in [-0.1, -0.05) is 38.5 Å². The lowest BCUT2D eigenvalue weighted by Crippen LogP contribution is -2.52. The quantitative estimate of drug-likeness (QED) is 0.842. The highest BCUT2D eigenvalue weighted by molar-refractivity contribution is 5.96. The van der Waals surface area contributed by atoms with E-state index in [0.717, 1.165) is 38.8 Å². The van der Waals surface area contributed by atoms with Crippen molar-refractivity contribution in [2.75, 3.05) is 13.1 Å². The van der Waals surface area contributed by atoms with E-state index in [9.17, 15) is 9.59 Å². The molecule has 0 radical (unpaired) electrons. The summed E-state index contributed by atoms with van der Waals surface area (Å²) in [7, 11) is 0. The van der Waals surface area contributed by atoms with Crippen LogP contribution in [0.15, 0.2) is 0 Å². The van der Waals surface area contributed by atoms with Crippen molar-refractivity contribution in [1.82, 2.24) is 15.5 Å². The summed E-state index contributed by atoms with van der Waals surface area (Å²) in [5.41, 5.74) is 0. The van der Waals surface area contributed by atoms with Crippen molar-refractivity contribution in [3.05, 3.63) is 0 Å². The maximum atomic E-state index is 12.3. The number of rotatable bonds is 3. The zero-order valence-electron chi connectivity index (χ0n) is 13.9. The molecule has 126 valence electrons. The minimum absolute atomic E-state index is 0.172. The summed E-state index contributed by atoms with van der Waals surface area (Å²) in [4.78, 5) is 26.5. The number of carbonyl (C=O) groups excluding carboxylic acids is 2. The Morgan fingerprint density at radius 3 is 2.09 bits per heavy atom. The van der Waals surface area contributed by atoms with Gasteiger partial charge in [-0.3, -0.25) is 15.0 Å². The molecule has 2 aliphatic rings. The zero-order chi connectivity index (χ0) is 15.8. The Morgan fingerprint density at radius 1 is 0.909 bits per heavy atom. The van der Waals surface area contributed by atoms with Gasteiger partial charge in [-0.25, -0.2) is 4.79 Å². The van der Waals surface area contributed by atoms with Gasteiger partial charge in [0, 0.05) is 6.04 Å². The highest BCUT2D eigenvalue weighted by Gasteiger charge is 2.24. The van der Waals surface area contributed by atoms with Crippen molar-refractivity contribution in [2.24, 2.45) is 0 Å². The lowest BCUT2D eigenvalue weighted by molar-refractivity contribution is -0.124. The van der Waals surface area contributed by atoms with Crippen LogP contribution >= 0.6 is 0 Å². The van der Waals surface area contributed by atoms with Gasteiger partial charge in [0.25, 0.3) is 0 Å². The number of nitrogens with zero attached hydrogens (tertiary/aromatic N) is 1. The first-order valence-corrected chi connectivity index (χ1v) is 9.02. The molecule has 1 aliphatic heterocycles. The molecule has 0 aromatic heterocycles. The Bertz CT molecular complexity index is 359. The Labute approximate surface area is 134 Å². The predicted molar refractivity (Wildman–Crippen MR) is 87.7 cm³/mol.